The fourth-order valence-electron chi connectivity index (χ4n) is 5.41. The molecular formula is C23H34N3O2+. The molecule has 5 nitrogen and oxygen atoms in total. The first-order valence-electron chi connectivity index (χ1n) is 11.1. The summed E-state index contributed by atoms with van der Waals surface area (Å²) in [5, 5.41) is 0. The fourth-order valence-corrected chi connectivity index (χ4v) is 5.41. The number of piperazine rings is 1. The van der Waals surface area contributed by atoms with Crippen molar-refractivity contribution in [2.24, 2.45) is 5.92 Å². The first-order valence-corrected chi connectivity index (χ1v) is 11.1. The van der Waals surface area contributed by atoms with Crippen LogP contribution in [-0.4, -0.2) is 61.9 Å². The molecule has 5 heteroatoms. The van der Waals surface area contributed by atoms with Gasteiger partial charge in [0.15, 0.2) is 12.3 Å². The number of likely N-dealkylation sites (tertiary alicyclic amines) is 1. The first-order chi connectivity index (χ1) is 13.6. The van der Waals surface area contributed by atoms with Gasteiger partial charge in [0.05, 0.1) is 26.2 Å². The lowest BCUT2D eigenvalue weighted by atomic mass is 9.78. The third-order valence-corrected chi connectivity index (χ3v) is 7.07. The summed E-state index contributed by atoms with van der Waals surface area (Å²) in [6, 6.07) is 8.44. The smallest absolute Gasteiger partial charge is 0.278 e. The zero-order chi connectivity index (χ0) is 19.5. The first kappa shape index (κ1) is 19.4. The second-order valence-corrected chi connectivity index (χ2v) is 8.86. The molecule has 1 saturated carbocycles. The van der Waals surface area contributed by atoms with Gasteiger partial charge in [-0.1, -0.05) is 12.8 Å². The lowest BCUT2D eigenvalue weighted by Gasteiger charge is -2.44. The minimum atomic E-state index is 0.109. The summed E-state index contributed by atoms with van der Waals surface area (Å²) in [4.78, 5) is 30.5. The highest BCUT2D eigenvalue weighted by atomic mass is 16.2. The number of amides is 1. The molecule has 152 valence electrons. The fraction of sp³-hybridized carbons (Fsp3) is 0.652. The summed E-state index contributed by atoms with van der Waals surface area (Å²) in [6.45, 7) is 7.17. The Hall–Kier alpha value is -1.88. The number of carbonyl (C=O) groups is 2. The van der Waals surface area contributed by atoms with E-state index in [9.17, 15) is 9.59 Å². The summed E-state index contributed by atoms with van der Waals surface area (Å²) in [7, 11) is 0. The van der Waals surface area contributed by atoms with Crippen LogP contribution in [0, 0.1) is 5.92 Å². The Morgan fingerprint density at radius 2 is 1.64 bits per heavy atom. The van der Waals surface area contributed by atoms with Gasteiger partial charge in [0, 0.05) is 23.8 Å². The molecular weight excluding hydrogens is 350 g/mol. The van der Waals surface area contributed by atoms with E-state index < -0.39 is 0 Å². The van der Waals surface area contributed by atoms with E-state index in [0.717, 1.165) is 44.2 Å². The number of rotatable bonds is 4. The van der Waals surface area contributed by atoms with Gasteiger partial charge in [-0.2, -0.15) is 0 Å². The van der Waals surface area contributed by atoms with E-state index in [2.05, 4.69) is 9.80 Å². The molecule has 0 unspecified atom stereocenters. The van der Waals surface area contributed by atoms with Crippen molar-refractivity contribution in [1.82, 2.24) is 4.90 Å². The SMILES string of the molecule is CC(=O)c1ccc(N2CC[NH+](CC(=O)N3CCC[C@H]4CCCC[C@@H]43)CC2)cc1. The molecule has 0 bridgehead atoms. The van der Waals surface area contributed by atoms with Gasteiger partial charge in [0.1, 0.15) is 0 Å². The molecule has 1 aliphatic carbocycles. The molecule has 2 saturated heterocycles. The number of Topliss-reactive ketones (excluding diaryl/α,β-unsaturated/α-hetero) is 1. The van der Waals surface area contributed by atoms with Gasteiger partial charge < -0.3 is 14.7 Å². The predicted molar refractivity (Wildman–Crippen MR) is 111 cm³/mol. The summed E-state index contributed by atoms with van der Waals surface area (Å²) < 4.78 is 0. The van der Waals surface area contributed by atoms with Crippen molar-refractivity contribution in [2.75, 3.05) is 44.2 Å². The highest BCUT2D eigenvalue weighted by molar-refractivity contribution is 5.94. The van der Waals surface area contributed by atoms with Gasteiger partial charge in [-0.15, -0.1) is 0 Å². The van der Waals surface area contributed by atoms with Crippen molar-refractivity contribution in [2.45, 2.75) is 51.5 Å². The van der Waals surface area contributed by atoms with E-state index in [-0.39, 0.29) is 5.78 Å². The number of carbonyl (C=O) groups excluding carboxylic acids is 2. The number of ketones is 1. The van der Waals surface area contributed by atoms with Crippen LogP contribution in [0.15, 0.2) is 24.3 Å². The minimum absolute atomic E-state index is 0.109. The number of piperidine rings is 1. The van der Waals surface area contributed by atoms with Gasteiger partial charge in [-0.05, 0) is 62.8 Å². The number of hydrogen-bond donors (Lipinski definition) is 1. The van der Waals surface area contributed by atoms with E-state index in [0.29, 0.717) is 18.5 Å². The second kappa shape index (κ2) is 8.64. The molecule has 1 amide bonds. The van der Waals surface area contributed by atoms with Gasteiger partial charge >= 0.3 is 0 Å². The molecule has 1 aromatic rings. The summed E-state index contributed by atoms with van der Waals surface area (Å²) in [5.74, 6) is 1.25. The summed E-state index contributed by atoms with van der Waals surface area (Å²) in [6.07, 6.45) is 7.69. The van der Waals surface area contributed by atoms with Gasteiger partial charge in [-0.3, -0.25) is 9.59 Å². The number of quaternary nitrogens is 1. The van der Waals surface area contributed by atoms with Crippen LogP contribution in [0.3, 0.4) is 0 Å². The summed E-state index contributed by atoms with van der Waals surface area (Å²) >= 11 is 0. The Morgan fingerprint density at radius 1 is 0.964 bits per heavy atom. The predicted octanol–water partition coefficient (Wildman–Crippen LogP) is 1.78. The van der Waals surface area contributed by atoms with Crippen LogP contribution in [0.2, 0.25) is 0 Å². The van der Waals surface area contributed by atoms with Crippen molar-refractivity contribution in [1.29, 1.82) is 0 Å². The number of nitrogens with one attached hydrogen (secondary N) is 1. The summed E-state index contributed by atoms with van der Waals surface area (Å²) in [5.41, 5.74) is 1.94. The molecule has 0 radical (unpaired) electrons. The Bertz CT molecular complexity index is 692. The van der Waals surface area contributed by atoms with Gasteiger partial charge in [0.25, 0.3) is 5.91 Å². The van der Waals surface area contributed by atoms with Crippen LogP contribution < -0.4 is 9.80 Å². The third kappa shape index (κ3) is 4.24. The van der Waals surface area contributed by atoms with Crippen molar-refractivity contribution in [3.8, 4) is 0 Å². The van der Waals surface area contributed by atoms with E-state index in [1.54, 1.807) is 6.92 Å². The Balaban J connectivity index is 1.29. The van der Waals surface area contributed by atoms with Crippen LogP contribution in [0.25, 0.3) is 0 Å². The van der Waals surface area contributed by atoms with Crippen LogP contribution in [-0.2, 0) is 4.79 Å². The molecule has 1 N–H and O–H groups in total. The topological polar surface area (TPSA) is 45.1 Å². The largest absolute Gasteiger partial charge is 0.360 e. The normalized spacial score (nSPS) is 26.0. The molecule has 2 atom stereocenters. The van der Waals surface area contributed by atoms with Crippen molar-refractivity contribution >= 4 is 17.4 Å². The molecule has 1 aromatic carbocycles. The molecule has 28 heavy (non-hydrogen) atoms. The molecule has 3 fully saturated rings. The standard InChI is InChI=1S/C23H33N3O2/c1-18(27)19-8-10-21(11-9-19)25-15-13-24(14-16-25)17-23(28)26-12-4-6-20-5-2-3-7-22(20)26/h8-11,20,22H,2-7,12-17H2,1H3/p+1/t20-,22+/m1/s1. The van der Waals surface area contributed by atoms with Crippen molar-refractivity contribution in [3.63, 3.8) is 0 Å². The van der Waals surface area contributed by atoms with Crippen LogP contribution in [0.5, 0.6) is 0 Å². The zero-order valence-electron chi connectivity index (χ0n) is 17.2. The highest BCUT2D eigenvalue weighted by Crippen LogP contribution is 2.35. The average Bonchev–Trinajstić information content (AvgIpc) is 2.74. The number of anilines is 1. The maximum absolute atomic E-state index is 13.0. The maximum Gasteiger partial charge on any atom is 0.278 e. The highest BCUT2D eigenvalue weighted by Gasteiger charge is 2.37. The molecule has 2 aliphatic heterocycles. The Labute approximate surface area is 168 Å². The lowest BCUT2D eigenvalue weighted by molar-refractivity contribution is -0.892. The molecule has 0 spiro atoms. The average molecular weight is 385 g/mol. The number of hydrogen-bond acceptors (Lipinski definition) is 3. The zero-order valence-corrected chi connectivity index (χ0v) is 17.2. The molecule has 4 rings (SSSR count). The Morgan fingerprint density at radius 3 is 2.36 bits per heavy atom. The number of nitrogens with zero attached hydrogens (tertiary/aromatic N) is 2. The van der Waals surface area contributed by atoms with Gasteiger partial charge in [-0.25, -0.2) is 0 Å². The van der Waals surface area contributed by atoms with E-state index in [1.807, 2.05) is 24.3 Å². The lowest BCUT2D eigenvalue weighted by Crippen LogP contribution is -3.16. The monoisotopic (exact) mass is 384 g/mol. The van der Waals surface area contributed by atoms with Gasteiger partial charge in [0.2, 0.25) is 0 Å². The Kier molecular flexibility index (Phi) is 6.00. The van der Waals surface area contributed by atoms with Crippen molar-refractivity contribution in [3.05, 3.63) is 29.8 Å². The molecule has 2 heterocycles. The second-order valence-electron chi connectivity index (χ2n) is 8.86. The minimum Gasteiger partial charge on any atom is -0.360 e. The van der Waals surface area contributed by atoms with E-state index in [4.69, 9.17) is 0 Å². The molecule has 3 aliphatic rings. The van der Waals surface area contributed by atoms with Crippen LogP contribution in [0.4, 0.5) is 5.69 Å². The van der Waals surface area contributed by atoms with E-state index >= 15 is 0 Å². The maximum atomic E-state index is 13.0. The number of fused-ring (bicyclic) bond motifs is 1. The third-order valence-electron chi connectivity index (χ3n) is 7.07. The quantitative estimate of drug-likeness (QED) is 0.805. The molecule has 0 aromatic heterocycles. The van der Waals surface area contributed by atoms with Crippen LogP contribution >= 0.6 is 0 Å². The van der Waals surface area contributed by atoms with Crippen molar-refractivity contribution < 1.29 is 14.5 Å². The van der Waals surface area contributed by atoms with Crippen LogP contribution in [0.1, 0.15) is 55.8 Å². The van der Waals surface area contributed by atoms with E-state index in [1.165, 1.54) is 49.1 Å². The number of benzene rings is 1.